The van der Waals surface area contributed by atoms with Crippen molar-refractivity contribution in [2.24, 2.45) is 4.99 Å². The molecular formula is C23H39N5O. The average molecular weight is 402 g/mol. The molecule has 0 radical (unpaired) electrons. The molecule has 3 rings (SSSR count). The van der Waals surface area contributed by atoms with Crippen molar-refractivity contribution in [1.82, 2.24) is 20.4 Å². The maximum Gasteiger partial charge on any atom is 0.191 e. The number of hydrogen-bond acceptors (Lipinski definition) is 4. The lowest BCUT2D eigenvalue weighted by Crippen LogP contribution is -2.46. The zero-order valence-corrected chi connectivity index (χ0v) is 18.7. The van der Waals surface area contributed by atoms with Crippen molar-refractivity contribution in [2.75, 3.05) is 46.9 Å². The SMILES string of the molecule is CN=C(NCCN(C(C)C)C1CC1)NCC(c1ccc(OC)cc1)N1CCCC1. The quantitative estimate of drug-likeness (QED) is 0.466. The highest BCUT2D eigenvalue weighted by Crippen LogP contribution is 2.28. The van der Waals surface area contributed by atoms with Gasteiger partial charge in [0.15, 0.2) is 5.96 Å². The molecule has 0 aromatic heterocycles. The van der Waals surface area contributed by atoms with Gasteiger partial charge in [0.25, 0.3) is 0 Å². The average Bonchev–Trinajstić information content (AvgIpc) is 3.43. The Morgan fingerprint density at radius 2 is 1.86 bits per heavy atom. The molecule has 6 heteroatoms. The van der Waals surface area contributed by atoms with Crippen LogP contribution >= 0.6 is 0 Å². The van der Waals surface area contributed by atoms with Crippen LogP contribution in [-0.4, -0.2) is 74.7 Å². The van der Waals surface area contributed by atoms with E-state index in [1.807, 2.05) is 7.05 Å². The minimum atomic E-state index is 0.348. The number of hydrogen-bond donors (Lipinski definition) is 2. The Hall–Kier alpha value is -1.79. The van der Waals surface area contributed by atoms with E-state index in [0.29, 0.717) is 12.1 Å². The zero-order valence-electron chi connectivity index (χ0n) is 18.7. The molecule has 1 aromatic rings. The molecule has 0 bridgehead atoms. The number of methoxy groups -OCH3 is 1. The molecular weight excluding hydrogens is 362 g/mol. The first-order chi connectivity index (χ1) is 14.1. The van der Waals surface area contributed by atoms with E-state index >= 15 is 0 Å². The molecule has 1 saturated carbocycles. The summed E-state index contributed by atoms with van der Waals surface area (Å²) < 4.78 is 5.33. The van der Waals surface area contributed by atoms with Gasteiger partial charge in [-0.25, -0.2) is 0 Å². The molecule has 1 atom stereocenters. The topological polar surface area (TPSA) is 52.1 Å². The van der Waals surface area contributed by atoms with Crippen molar-refractivity contribution in [3.63, 3.8) is 0 Å². The molecule has 1 aromatic carbocycles. The van der Waals surface area contributed by atoms with Gasteiger partial charge in [0, 0.05) is 38.8 Å². The van der Waals surface area contributed by atoms with Gasteiger partial charge in [0.05, 0.1) is 13.2 Å². The highest BCUT2D eigenvalue weighted by atomic mass is 16.5. The molecule has 1 unspecified atom stereocenters. The summed E-state index contributed by atoms with van der Waals surface area (Å²) in [6.45, 7) is 9.75. The Bertz CT molecular complexity index is 633. The van der Waals surface area contributed by atoms with E-state index in [-0.39, 0.29) is 0 Å². The fraction of sp³-hybridized carbons (Fsp3) is 0.696. The fourth-order valence-corrected chi connectivity index (χ4v) is 4.32. The van der Waals surface area contributed by atoms with Crippen molar-refractivity contribution in [1.29, 1.82) is 0 Å². The largest absolute Gasteiger partial charge is 0.497 e. The summed E-state index contributed by atoms with van der Waals surface area (Å²) in [5.41, 5.74) is 1.33. The summed E-state index contributed by atoms with van der Waals surface area (Å²) >= 11 is 0. The molecule has 2 aliphatic rings. The van der Waals surface area contributed by atoms with Crippen molar-refractivity contribution in [2.45, 2.75) is 57.7 Å². The van der Waals surface area contributed by atoms with Crippen molar-refractivity contribution < 1.29 is 4.74 Å². The highest BCUT2D eigenvalue weighted by molar-refractivity contribution is 5.79. The second-order valence-electron chi connectivity index (χ2n) is 8.47. The van der Waals surface area contributed by atoms with E-state index in [1.54, 1.807) is 7.11 Å². The van der Waals surface area contributed by atoms with E-state index in [4.69, 9.17) is 4.74 Å². The lowest BCUT2D eigenvalue weighted by atomic mass is 10.1. The molecule has 29 heavy (non-hydrogen) atoms. The molecule has 162 valence electrons. The van der Waals surface area contributed by atoms with Gasteiger partial charge in [-0.2, -0.15) is 0 Å². The van der Waals surface area contributed by atoms with Gasteiger partial charge in [-0.3, -0.25) is 14.8 Å². The van der Waals surface area contributed by atoms with Crippen LogP contribution in [0.15, 0.2) is 29.3 Å². The summed E-state index contributed by atoms with van der Waals surface area (Å²) in [5.74, 6) is 1.80. The van der Waals surface area contributed by atoms with E-state index in [9.17, 15) is 0 Å². The molecule has 1 aliphatic carbocycles. The minimum absolute atomic E-state index is 0.348. The molecule has 1 saturated heterocycles. The van der Waals surface area contributed by atoms with Gasteiger partial charge in [-0.15, -0.1) is 0 Å². The standard InChI is InChI=1S/C23H39N5O/c1-18(2)28(20-9-10-20)16-13-25-23(24-3)26-17-22(27-14-5-6-15-27)19-7-11-21(29-4)12-8-19/h7-8,11-12,18,20,22H,5-6,9-10,13-17H2,1-4H3,(H2,24,25,26). The zero-order chi connectivity index (χ0) is 20.6. The first-order valence-corrected chi connectivity index (χ1v) is 11.2. The first kappa shape index (κ1) is 21.9. The molecule has 6 nitrogen and oxygen atoms in total. The van der Waals surface area contributed by atoms with Crippen LogP contribution in [0.1, 0.15) is 51.1 Å². The Morgan fingerprint density at radius 1 is 1.17 bits per heavy atom. The number of guanidine groups is 1. The summed E-state index contributed by atoms with van der Waals surface area (Å²) in [5, 5.41) is 7.08. The van der Waals surface area contributed by atoms with Crippen molar-refractivity contribution in [3.05, 3.63) is 29.8 Å². The Balaban J connectivity index is 1.53. The van der Waals surface area contributed by atoms with Crippen molar-refractivity contribution in [3.8, 4) is 5.75 Å². The lowest BCUT2D eigenvalue weighted by Gasteiger charge is -2.29. The van der Waals surface area contributed by atoms with Crippen LogP contribution in [0.3, 0.4) is 0 Å². The molecule has 2 fully saturated rings. The number of ether oxygens (including phenoxy) is 1. The lowest BCUT2D eigenvalue weighted by molar-refractivity contribution is 0.214. The summed E-state index contributed by atoms with van der Waals surface area (Å²) in [6.07, 6.45) is 5.27. The van der Waals surface area contributed by atoms with E-state index < -0.39 is 0 Å². The smallest absolute Gasteiger partial charge is 0.191 e. The van der Waals surface area contributed by atoms with Crippen LogP contribution in [0.4, 0.5) is 0 Å². The van der Waals surface area contributed by atoms with Crippen LogP contribution in [0.2, 0.25) is 0 Å². The van der Waals surface area contributed by atoms with E-state index in [2.05, 4.69) is 63.5 Å². The van der Waals surface area contributed by atoms with E-state index in [0.717, 1.165) is 50.5 Å². The Labute approximate surface area is 176 Å². The Kier molecular flexibility index (Phi) is 8.19. The number of benzene rings is 1. The van der Waals surface area contributed by atoms with Gasteiger partial charge < -0.3 is 15.4 Å². The van der Waals surface area contributed by atoms with Crippen LogP contribution in [0.5, 0.6) is 5.75 Å². The van der Waals surface area contributed by atoms with Gasteiger partial charge in [-0.1, -0.05) is 12.1 Å². The molecule has 1 aliphatic heterocycles. The number of likely N-dealkylation sites (tertiary alicyclic amines) is 1. The third kappa shape index (κ3) is 6.34. The predicted molar refractivity (Wildman–Crippen MR) is 121 cm³/mol. The number of aliphatic imine (C=N–C) groups is 1. The maximum atomic E-state index is 5.33. The van der Waals surface area contributed by atoms with Gasteiger partial charge in [0.1, 0.15) is 5.75 Å². The first-order valence-electron chi connectivity index (χ1n) is 11.2. The van der Waals surface area contributed by atoms with Crippen LogP contribution < -0.4 is 15.4 Å². The predicted octanol–water partition coefficient (Wildman–Crippen LogP) is 2.87. The van der Waals surface area contributed by atoms with Gasteiger partial charge in [-0.05, 0) is 70.3 Å². The fourth-order valence-electron chi connectivity index (χ4n) is 4.32. The maximum absolute atomic E-state index is 5.33. The van der Waals surface area contributed by atoms with Crippen LogP contribution in [0.25, 0.3) is 0 Å². The van der Waals surface area contributed by atoms with Gasteiger partial charge >= 0.3 is 0 Å². The highest BCUT2D eigenvalue weighted by Gasteiger charge is 2.30. The number of nitrogens with zero attached hydrogens (tertiary/aromatic N) is 3. The molecule has 1 heterocycles. The van der Waals surface area contributed by atoms with E-state index in [1.165, 1.54) is 31.2 Å². The van der Waals surface area contributed by atoms with Crippen molar-refractivity contribution >= 4 is 5.96 Å². The molecule has 2 N–H and O–H groups in total. The Morgan fingerprint density at radius 3 is 2.41 bits per heavy atom. The number of rotatable bonds is 10. The number of nitrogens with one attached hydrogen (secondary N) is 2. The summed E-state index contributed by atoms with van der Waals surface area (Å²) in [4.78, 5) is 9.63. The second kappa shape index (κ2) is 10.8. The van der Waals surface area contributed by atoms with Crippen LogP contribution in [0, 0.1) is 0 Å². The summed E-state index contributed by atoms with van der Waals surface area (Å²) in [7, 11) is 3.57. The molecule has 0 amide bonds. The monoisotopic (exact) mass is 401 g/mol. The minimum Gasteiger partial charge on any atom is -0.497 e. The van der Waals surface area contributed by atoms with Gasteiger partial charge in [0.2, 0.25) is 0 Å². The molecule has 0 spiro atoms. The second-order valence-corrected chi connectivity index (χ2v) is 8.47. The third-order valence-electron chi connectivity index (χ3n) is 6.11. The summed E-state index contributed by atoms with van der Waals surface area (Å²) in [6, 6.07) is 10.2. The van der Waals surface area contributed by atoms with Crippen LogP contribution in [-0.2, 0) is 0 Å². The third-order valence-corrected chi connectivity index (χ3v) is 6.11. The normalized spacial score (nSPS) is 19.0.